The number of hydrazine groups is 1. The highest BCUT2D eigenvalue weighted by molar-refractivity contribution is 6.35. The van der Waals surface area contributed by atoms with Crippen molar-refractivity contribution in [2.45, 2.75) is 12.5 Å². The second-order valence-corrected chi connectivity index (χ2v) is 9.73. The number of benzene rings is 3. The molecule has 0 unspecified atom stereocenters. The standard InChI is InChI=1S/C29H30Cl2N4O2/c30-25-13-11-22(26(31)21-25)12-14-27(36)32-33-28(37)15-16-34-17-19-35(20-18-34)29(23-7-3-1-4-8-23)24-9-5-2-6-10-24/h1-14,21,29H,15-20H2,(H,32,36)(H,33,37)/b14-12+. The molecule has 2 N–H and O–H groups in total. The summed E-state index contributed by atoms with van der Waals surface area (Å²) in [5.41, 5.74) is 8.10. The molecule has 37 heavy (non-hydrogen) atoms. The lowest BCUT2D eigenvalue weighted by molar-refractivity contribution is -0.127. The molecule has 6 nitrogen and oxygen atoms in total. The summed E-state index contributed by atoms with van der Waals surface area (Å²) in [5, 5.41) is 0.965. The summed E-state index contributed by atoms with van der Waals surface area (Å²) in [4.78, 5) is 29.1. The molecule has 2 amide bonds. The maximum Gasteiger partial charge on any atom is 0.262 e. The Morgan fingerprint density at radius 3 is 2.05 bits per heavy atom. The minimum atomic E-state index is -0.444. The molecule has 4 rings (SSSR count). The van der Waals surface area contributed by atoms with Gasteiger partial charge in [-0.05, 0) is 34.9 Å². The third kappa shape index (κ3) is 7.91. The van der Waals surface area contributed by atoms with E-state index in [4.69, 9.17) is 23.2 Å². The van der Waals surface area contributed by atoms with Gasteiger partial charge in [-0.3, -0.25) is 25.3 Å². The number of hydrogen-bond acceptors (Lipinski definition) is 4. The minimum absolute atomic E-state index is 0.207. The number of carbonyl (C=O) groups is 2. The lowest BCUT2D eigenvalue weighted by Crippen LogP contribution is -2.49. The molecule has 0 radical (unpaired) electrons. The zero-order valence-electron chi connectivity index (χ0n) is 20.4. The van der Waals surface area contributed by atoms with Gasteiger partial charge >= 0.3 is 0 Å². The SMILES string of the molecule is O=C(/C=C/c1ccc(Cl)cc1Cl)NNC(=O)CCN1CCN(C(c2ccccc2)c2ccccc2)CC1. The Morgan fingerprint density at radius 1 is 0.838 bits per heavy atom. The highest BCUT2D eigenvalue weighted by Crippen LogP contribution is 2.29. The van der Waals surface area contributed by atoms with Crippen molar-refractivity contribution in [3.8, 4) is 0 Å². The number of nitrogens with zero attached hydrogens (tertiary/aromatic N) is 2. The quantitative estimate of drug-likeness (QED) is 0.315. The van der Waals surface area contributed by atoms with Gasteiger partial charge in [0.25, 0.3) is 5.91 Å². The maximum absolute atomic E-state index is 12.3. The molecule has 0 aromatic heterocycles. The number of rotatable bonds is 8. The topological polar surface area (TPSA) is 64.7 Å². The molecule has 0 aliphatic carbocycles. The average molecular weight is 537 g/mol. The zero-order chi connectivity index (χ0) is 26.0. The minimum Gasteiger partial charge on any atom is -0.300 e. The van der Waals surface area contributed by atoms with E-state index >= 15 is 0 Å². The van der Waals surface area contributed by atoms with Gasteiger partial charge in [0, 0.05) is 55.3 Å². The predicted molar refractivity (Wildman–Crippen MR) is 149 cm³/mol. The fourth-order valence-corrected chi connectivity index (χ4v) is 4.90. The van der Waals surface area contributed by atoms with Crippen LogP contribution in [0.5, 0.6) is 0 Å². The van der Waals surface area contributed by atoms with Crippen LogP contribution in [-0.2, 0) is 9.59 Å². The average Bonchev–Trinajstić information content (AvgIpc) is 2.92. The summed E-state index contributed by atoms with van der Waals surface area (Å²) in [5.74, 6) is -0.680. The van der Waals surface area contributed by atoms with Crippen LogP contribution >= 0.6 is 23.2 Å². The number of amides is 2. The van der Waals surface area contributed by atoms with E-state index < -0.39 is 5.91 Å². The van der Waals surface area contributed by atoms with Crippen molar-refractivity contribution < 1.29 is 9.59 Å². The van der Waals surface area contributed by atoms with Gasteiger partial charge in [0.2, 0.25) is 5.91 Å². The van der Waals surface area contributed by atoms with Crippen LogP contribution in [0.2, 0.25) is 10.0 Å². The third-order valence-corrected chi connectivity index (χ3v) is 6.92. The maximum atomic E-state index is 12.3. The van der Waals surface area contributed by atoms with Crippen LogP contribution in [0.4, 0.5) is 0 Å². The normalized spacial score (nSPS) is 14.7. The molecule has 0 spiro atoms. The van der Waals surface area contributed by atoms with Crippen LogP contribution in [0, 0.1) is 0 Å². The highest BCUT2D eigenvalue weighted by Gasteiger charge is 2.26. The molecule has 1 aliphatic heterocycles. The molecule has 0 saturated carbocycles. The molecule has 3 aromatic carbocycles. The first-order valence-electron chi connectivity index (χ1n) is 12.3. The molecule has 1 fully saturated rings. The predicted octanol–water partition coefficient (Wildman–Crippen LogP) is 4.95. The molecular weight excluding hydrogens is 507 g/mol. The fourth-order valence-electron chi connectivity index (χ4n) is 4.43. The van der Waals surface area contributed by atoms with E-state index in [1.54, 1.807) is 24.3 Å². The zero-order valence-corrected chi connectivity index (χ0v) is 22.0. The molecule has 1 saturated heterocycles. The Bertz CT molecular complexity index is 1170. The summed E-state index contributed by atoms with van der Waals surface area (Å²) < 4.78 is 0. The van der Waals surface area contributed by atoms with E-state index in [9.17, 15) is 9.59 Å². The van der Waals surface area contributed by atoms with E-state index in [2.05, 4.69) is 69.2 Å². The van der Waals surface area contributed by atoms with E-state index in [0.29, 0.717) is 28.6 Å². The van der Waals surface area contributed by atoms with Gasteiger partial charge in [-0.15, -0.1) is 0 Å². The Morgan fingerprint density at radius 2 is 1.46 bits per heavy atom. The lowest BCUT2D eigenvalue weighted by atomic mass is 9.96. The number of piperazine rings is 1. The Hall–Kier alpha value is -3.16. The molecule has 8 heteroatoms. The largest absolute Gasteiger partial charge is 0.300 e. The van der Waals surface area contributed by atoms with Gasteiger partial charge < -0.3 is 4.90 Å². The fraction of sp³-hybridized carbons (Fsp3) is 0.241. The number of halogens is 2. The summed E-state index contributed by atoms with van der Waals surface area (Å²) >= 11 is 12.0. The van der Waals surface area contributed by atoms with Crippen molar-refractivity contribution in [2.75, 3.05) is 32.7 Å². The molecule has 1 heterocycles. The van der Waals surface area contributed by atoms with Crippen LogP contribution in [0.25, 0.3) is 6.08 Å². The Labute approximate surface area is 227 Å². The van der Waals surface area contributed by atoms with Crippen LogP contribution < -0.4 is 10.9 Å². The van der Waals surface area contributed by atoms with Crippen molar-refractivity contribution in [3.05, 3.63) is 112 Å². The van der Waals surface area contributed by atoms with Crippen LogP contribution in [0.3, 0.4) is 0 Å². The van der Waals surface area contributed by atoms with Gasteiger partial charge in [0.15, 0.2) is 0 Å². The first-order valence-corrected chi connectivity index (χ1v) is 13.0. The van der Waals surface area contributed by atoms with E-state index in [1.165, 1.54) is 17.2 Å². The molecule has 192 valence electrons. The number of nitrogens with one attached hydrogen (secondary N) is 2. The summed E-state index contributed by atoms with van der Waals surface area (Å²) in [7, 11) is 0. The van der Waals surface area contributed by atoms with E-state index in [0.717, 1.165) is 26.2 Å². The monoisotopic (exact) mass is 536 g/mol. The molecule has 0 bridgehead atoms. The number of hydrogen-bond donors (Lipinski definition) is 2. The second kappa shape index (κ2) is 13.4. The first kappa shape index (κ1) is 26.9. The van der Waals surface area contributed by atoms with Crippen molar-refractivity contribution >= 4 is 41.1 Å². The number of carbonyl (C=O) groups excluding carboxylic acids is 2. The van der Waals surface area contributed by atoms with Crippen molar-refractivity contribution in [1.29, 1.82) is 0 Å². The van der Waals surface area contributed by atoms with E-state index in [-0.39, 0.29) is 11.9 Å². The van der Waals surface area contributed by atoms with Crippen molar-refractivity contribution in [1.82, 2.24) is 20.7 Å². The van der Waals surface area contributed by atoms with Gasteiger partial charge in [-0.1, -0.05) is 89.9 Å². The summed E-state index contributed by atoms with van der Waals surface area (Å²) in [6.45, 7) is 4.20. The van der Waals surface area contributed by atoms with Crippen LogP contribution in [0.15, 0.2) is 84.9 Å². The van der Waals surface area contributed by atoms with Crippen LogP contribution in [-0.4, -0.2) is 54.3 Å². The first-order chi connectivity index (χ1) is 18.0. The molecule has 1 aliphatic rings. The van der Waals surface area contributed by atoms with E-state index in [1.807, 2.05) is 12.1 Å². The van der Waals surface area contributed by atoms with Gasteiger partial charge in [-0.25, -0.2) is 0 Å². The van der Waals surface area contributed by atoms with Crippen molar-refractivity contribution in [2.24, 2.45) is 0 Å². The summed E-state index contributed by atoms with van der Waals surface area (Å²) in [6.07, 6.45) is 3.18. The molecular formula is C29H30Cl2N4O2. The summed E-state index contributed by atoms with van der Waals surface area (Å²) in [6, 6.07) is 26.4. The van der Waals surface area contributed by atoms with Gasteiger partial charge in [0.05, 0.1) is 6.04 Å². The lowest BCUT2D eigenvalue weighted by Gasteiger charge is -2.39. The second-order valence-electron chi connectivity index (χ2n) is 8.89. The Balaban J connectivity index is 1.21. The smallest absolute Gasteiger partial charge is 0.262 e. The molecule has 3 aromatic rings. The van der Waals surface area contributed by atoms with Gasteiger partial charge in [-0.2, -0.15) is 0 Å². The van der Waals surface area contributed by atoms with Gasteiger partial charge in [0.1, 0.15) is 0 Å². The van der Waals surface area contributed by atoms with Crippen molar-refractivity contribution in [3.63, 3.8) is 0 Å². The Kier molecular flexibility index (Phi) is 9.74. The molecule has 0 atom stereocenters. The third-order valence-electron chi connectivity index (χ3n) is 6.36. The highest BCUT2D eigenvalue weighted by atomic mass is 35.5. The van der Waals surface area contributed by atoms with Crippen LogP contribution in [0.1, 0.15) is 29.2 Å².